The predicted octanol–water partition coefficient (Wildman–Crippen LogP) is 4.47. The Morgan fingerprint density at radius 2 is 1.78 bits per heavy atom. The van der Waals surface area contributed by atoms with Crippen LogP contribution in [0.1, 0.15) is 0 Å². The van der Waals surface area contributed by atoms with Crippen molar-refractivity contribution in [3.8, 4) is 5.75 Å². The zero-order valence-corrected chi connectivity index (χ0v) is 17.5. The number of nitrogens with one attached hydrogen (secondary N) is 1. The monoisotopic (exact) mass is 468 g/mol. The van der Waals surface area contributed by atoms with Gasteiger partial charge in [0, 0.05) is 5.02 Å². The summed E-state index contributed by atoms with van der Waals surface area (Å²) in [5.74, 6) is -0.374. The van der Waals surface area contributed by atoms with E-state index in [0.29, 0.717) is 5.02 Å². The van der Waals surface area contributed by atoms with E-state index in [4.69, 9.17) is 51.1 Å². The third-order valence-corrected chi connectivity index (χ3v) is 6.17. The van der Waals surface area contributed by atoms with Gasteiger partial charge in [-0.1, -0.05) is 46.4 Å². The molecule has 1 N–H and O–H groups in total. The number of ether oxygens (including phenoxy) is 1. The van der Waals surface area contributed by atoms with E-state index in [-0.39, 0.29) is 38.7 Å². The number of benzene rings is 2. The maximum absolute atomic E-state index is 12.6. The van der Waals surface area contributed by atoms with Gasteiger partial charge < -0.3 is 10.1 Å². The fourth-order valence-corrected chi connectivity index (χ4v) is 4.17. The molecule has 2 aromatic rings. The summed E-state index contributed by atoms with van der Waals surface area (Å²) in [4.78, 5) is 12.6. The van der Waals surface area contributed by atoms with Crippen molar-refractivity contribution in [1.82, 2.24) is 0 Å². The summed E-state index contributed by atoms with van der Waals surface area (Å²) in [6, 6.07) is 7.29. The van der Waals surface area contributed by atoms with Crippen LogP contribution >= 0.6 is 46.4 Å². The quantitative estimate of drug-likeness (QED) is 0.673. The first-order valence-corrected chi connectivity index (χ1v) is 10.8. The van der Waals surface area contributed by atoms with Crippen molar-refractivity contribution in [2.45, 2.75) is 6.10 Å². The Hall–Kier alpha value is -1.38. The molecule has 6 nitrogen and oxygen atoms in total. The van der Waals surface area contributed by atoms with Crippen LogP contribution in [0.5, 0.6) is 5.75 Å². The number of hydrogen-bond donors (Lipinski definition) is 1. The molecule has 0 aromatic heterocycles. The average molecular weight is 470 g/mol. The summed E-state index contributed by atoms with van der Waals surface area (Å²) in [5.41, 5.74) is 0.495. The second-order valence-electron chi connectivity index (χ2n) is 5.75. The van der Waals surface area contributed by atoms with E-state index >= 15 is 0 Å². The van der Waals surface area contributed by atoms with Gasteiger partial charge in [-0.3, -0.25) is 9.10 Å². The van der Waals surface area contributed by atoms with E-state index in [1.807, 2.05) is 0 Å². The molecule has 3 rings (SSSR count). The minimum Gasteiger partial charge on any atom is -0.476 e. The molecule has 2 aromatic carbocycles. The highest BCUT2D eigenvalue weighted by Crippen LogP contribution is 2.38. The van der Waals surface area contributed by atoms with Crippen LogP contribution in [0.3, 0.4) is 0 Å². The number of fused-ring (bicyclic) bond motifs is 1. The number of hydrogen-bond acceptors (Lipinski definition) is 4. The lowest BCUT2D eigenvalue weighted by molar-refractivity contribution is -0.122. The SMILES string of the molecule is CS(=O)(=O)N1CC(C(=O)Nc2cc(Cl)c(Cl)cc2Cl)Oc2ccc(Cl)cc21. The van der Waals surface area contributed by atoms with E-state index in [0.717, 1.165) is 10.6 Å². The highest BCUT2D eigenvalue weighted by molar-refractivity contribution is 7.92. The molecular weight excluding hydrogens is 458 g/mol. The van der Waals surface area contributed by atoms with Gasteiger partial charge in [0.15, 0.2) is 6.10 Å². The summed E-state index contributed by atoms with van der Waals surface area (Å²) in [5, 5.41) is 3.55. The van der Waals surface area contributed by atoms with Gasteiger partial charge in [-0.05, 0) is 30.3 Å². The van der Waals surface area contributed by atoms with Crippen molar-refractivity contribution in [3.05, 3.63) is 50.4 Å². The molecule has 1 amide bonds. The first-order valence-electron chi connectivity index (χ1n) is 7.45. The fourth-order valence-electron chi connectivity index (χ4n) is 2.51. The van der Waals surface area contributed by atoms with Crippen LogP contribution in [0.25, 0.3) is 0 Å². The first-order chi connectivity index (χ1) is 12.6. The smallest absolute Gasteiger partial charge is 0.267 e. The first kappa shape index (κ1) is 20.4. The Morgan fingerprint density at radius 1 is 1.11 bits per heavy atom. The summed E-state index contributed by atoms with van der Waals surface area (Å²) < 4.78 is 31.1. The minimum absolute atomic E-state index is 0.181. The van der Waals surface area contributed by atoms with Crippen LogP contribution in [0, 0.1) is 0 Å². The number of sulfonamides is 1. The molecule has 11 heteroatoms. The molecule has 144 valence electrons. The fraction of sp³-hybridized carbons (Fsp3) is 0.188. The summed E-state index contributed by atoms with van der Waals surface area (Å²) >= 11 is 23.8. The standard InChI is InChI=1S/C16H12Cl4N2O4S/c1-27(24,25)22-7-15(26-14-3-2-8(17)4-13(14)22)16(23)21-12-6-10(19)9(18)5-11(12)20/h2-6,15H,7H2,1H3,(H,21,23). The van der Waals surface area contributed by atoms with E-state index < -0.39 is 22.0 Å². The van der Waals surface area contributed by atoms with Crippen LogP contribution in [0.2, 0.25) is 20.1 Å². The number of carbonyl (C=O) groups is 1. The average Bonchev–Trinajstić information content (AvgIpc) is 2.57. The second kappa shape index (κ2) is 7.56. The summed E-state index contributed by atoms with van der Waals surface area (Å²) in [6.07, 6.45) is -0.0766. The molecule has 27 heavy (non-hydrogen) atoms. The van der Waals surface area contributed by atoms with Crippen LogP contribution in [-0.2, 0) is 14.8 Å². The van der Waals surface area contributed by atoms with E-state index in [9.17, 15) is 13.2 Å². The largest absolute Gasteiger partial charge is 0.476 e. The lowest BCUT2D eigenvalue weighted by Gasteiger charge is -2.34. The van der Waals surface area contributed by atoms with Gasteiger partial charge in [0.25, 0.3) is 5.91 Å². The zero-order chi connectivity index (χ0) is 19.9. The third-order valence-electron chi connectivity index (χ3n) is 3.75. The molecule has 1 aliphatic rings. The van der Waals surface area contributed by atoms with E-state index in [1.54, 1.807) is 0 Å². The number of amides is 1. The van der Waals surface area contributed by atoms with Crippen molar-refractivity contribution in [2.24, 2.45) is 0 Å². The van der Waals surface area contributed by atoms with Gasteiger partial charge in [-0.2, -0.15) is 0 Å². The lowest BCUT2D eigenvalue weighted by Crippen LogP contribution is -2.48. The Balaban J connectivity index is 1.91. The van der Waals surface area contributed by atoms with E-state index in [2.05, 4.69) is 5.32 Å². The van der Waals surface area contributed by atoms with Gasteiger partial charge in [-0.25, -0.2) is 8.42 Å². The Morgan fingerprint density at radius 3 is 2.44 bits per heavy atom. The third kappa shape index (κ3) is 4.38. The second-order valence-corrected chi connectivity index (χ2v) is 9.31. The summed E-state index contributed by atoms with van der Waals surface area (Å²) in [7, 11) is -3.67. The number of rotatable bonds is 3. The zero-order valence-electron chi connectivity index (χ0n) is 13.7. The predicted molar refractivity (Wildman–Crippen MR) is 108 cm³/mol. The number of carbonyl (C=O) groups excluding carboxylic acids is 1. The molecule has 0 radical (unpaired) electrons. The molecule has 0 saturated carbocycles. The van der Waals surface area contributed by atoms with Gasteiger partial charge in [-0.15, -0.1) is 0 Å². The number of anilines is 2. The van der Waals surface area contributed by atoms with Gasteiger partial charge >= 0.3 is 0 Å². The van der Waals surface area contributed by atoms with Crippen LogP contribution in [0.4, 0.5) is 11.4 Å². The molecule has 0 saturated heterocycles. The van der Waals surface area contributed by atoms with Crippen LogP contribution in [-0.4, -0.2) is 33.2 Å². The Bertz CT molecular complexity index is 1030. The van der Waals surface area contributed by atoms with Crippen LogP contribution < -0.4 is 14.4 Å². The topological polar surface area (TPSA) is 75.7 Å². The van der Waals surface area contributed by atoms with Gasteiger partial charge in [0.05, 0.1) is 39.2 Å². The molecule has 1 aliphatic heterocycles. The van der Waals surface area contributed by atoms with Gasteiger partial charge in [0.2, 0.25) is 10.0 Å². The molecule has 1 heterocycles. The molecule has 0 fully saturated rings. The molecular formula is C16H12Cl4N2O4S. The Labute approximate surface area is 176 Å². The molecule has 0 aliphatic carbocycles. The molecule has 1 atom stereocenters. The highest BCUT2D eigenvalue weighted by atomic mass is 35.5. The van der Waals surface area contributed by atoms with Crippen molar-refractivity contribution in [3.63, 3.8) is 0 Å². The molecule has 0 bridgehead atoms. The maximum Gasteiger partial charge on any atom is 0.267 e. The highest BCUT2D eigenvalue weighted by Gasteiger charge is 2.35. The number of halogens is 4. The van der Waals surface area contributed by atoms with Crippen molar-refractivity contribution in [1.29, 1.82) is 0 Å². The Kier molecular flexibility index (Phi) is 5.70. The van der Waals surface area contributed by atoms with E-state index in [1.165, 1.54) is 30.3 Å². The molecule has 0 spiro atoms. The van der Waals surface area contributed by atoms with Crippen molar-refractivity contribution in [2.75, 3.05) is 22.4 Å². The van der Waals surface area contributed by atoms with Gasteiger partial charge in [0.1, 0.15) is 5.75 Å². The summed E-state index contributed by atoms with van der Waals surface area (Å²) in [6.45, 7) is -0.225. The van der Waals surface area contributed by atoms with Crippen molar-refractivity contribution >= 4 is 73.7 Å². The van der Waals surface area contributed by atoms with Crippen molar-refractivity contribution < 1.29 is 17.9 Å². The maximum atomic E-state index is 12.6. The number of nitrogens with zero attached hydrogens (tertiary/aromatic N) is 1. The van der Waals surface area contributed by atoms with Crippen LogP contribution in [0.15, 0.2) is 30.3 Å². The normalized spacial score (nSPS) is 16.5. The molecule has 1 unspecified atom stereocenters. The lowest BCUT2D eigenvalue weighted by atomic mass is 10.2. The minimum atomic E-state index is -3.67.